The first-order valence-electron chi connectivity index (χ1n) is 6.73. The van der Waals surface area contributed by atoms with Crippen molar-refractivity contribution >= 4 is 0 Å². The van der Waals surface area contributed by atoms with Crippen LogP contribution in [-0.4, -0.2) is 47.3 Å². The predicted octanol–water partition coefficient (Wildman–Crippen LogP) is 0.860. The largest absolute Gasteiger partial charge is 0.504 e. The van der Waals surface area contributed by atoms with E-state index in [2.05, 4.69) is 10.2 Å². The normalized spacial score (nSPS) is 24.8. The van der Waals surface area contributed by atoms with Crippen LogP contribution in [0.4, 0.5) is 0 Å². The van der Waals surface area contributed by atoms with Gasteiger partial charge < -0.3 is 15.5 Å². The summed E-state index contributed by atoms with van der Waals surface area (Å²) in [6, 6.07) is 4.15. The van der Waals surface area contributed by atoms with E-state index in [4.69, 9.17) is 0 Å². The lowest BCUT2D eigenvalue weighted by Gasteiger charge is -2.37. The van der Waals surface area contributed by atoms with E-state index in [0.29, 0.717) is 6.04 Å². The molecule has 0 saturated carbocycles. The van der Waals surface area contributed by atoms with Crippen molar-refractivity contribution in [3.63, 3.8) is 0 Å². The van der Waals surface area contributed by atoms with Crippen molar-refractivity contribution in [1.82, 2.24) is 10.2 Å². The van der Waals surface area contributed by atoms with Crippen molar-refractivity contribution in [1.29, 1.82) is 0 Å². The molecule has 0 bridgehead atoms. The van der Waals surface area contributed by atoms with Crippen LogP contribution >= 0.6 is 0 Å². The van der Waals surface area contributed by atoms with Gasteiger partial charge in [-0.1, -0.05) is 6.07 Å². The molecule has 18 heavy (non-hydrogen) atoms. The zero-order valence-electron chi connectivity index (χ0n) is 10.5. The highest BCUT2D eigenvalue weighted by atomic mass is 16.3. The highest BCUT2D eigenvalue weighted by Crippen LogP contribution is 2.36. The lowest BCUT2D eigenvalue weighted by Crippen LogP contribution is -2.50. The number of fused-ring (bicyclic) bond motifs is 1. The van der Waals surface area contributed by atoms with Gasteiger partial charge in [0.1, 0.15) is 0 Å². The van der Waals surface area contributed by atoms with Gasteiger partial charge in [-0.3, -0.25) is 4.90 Å². The van der Waals surface area contributed by atoms with Gasteiger partial charge in [-0.2, -0.15) is 0 Å². The number of rotatable bonds is 1. The molecule has 1 aromatic carbocycles. The maximum Gasteiger partial charge on any atom is 0.160 e. The second-order valence-electron chi connectivity index (χ2n) is 5.25. The van der Waals surface area contributed by atoms with Crippen LogP contribution in [0.5, 0.6) is 11.5 Å². The first kappa shape index (κ1) is 11.8. The first-order chi connectivity index (χ1) is 8.75. The van der Waals surface area contributed by atoms with E-state index in [1.807, 2.05) is 6.07 Å². The minimum atomic E-state index is 0.00868. The highest BCUT2D eigenvalue weighted by Gasteiger charge is 2.27. The lowest BCUT2D eigenvalue weighted by atomic mass is 9.86. The van der Waals surface area contributed by atoms with Crippen molar-refractivity contribution in [3.05, 3.63) is 23.3 Å². The fourth-order valence-electron chi connectivity index (χ4n) is 3.16. The fourth-order valence-corrected chi connectivity index (χ4v) is 3.16. The summed E-state index contributed by atoms with van der Waals surface area (Å²) >= 11 is 0. The zero-order chi connectivity index (χ0) is 12.5. The Morgan fingerprint density at radius 1 is 1.17 bits per heavy atom. The van der Waals surface area contributed by atoms with Gasteiger partial charge in [0.05, 0.1) is 0 Å². The molecule has 0 amide bonds. The number of phenols is 2. The molecule has 98 valence electrons. The van der Waals surface area contributed by atoms with E-state index in [1.54, 1.807) is 6.07 Å². The summed E-state index contributed by atoms with van der Waals surface area (Å²) in [5.41, 5.74) is 2.14. The van der Waals surface area contributed by atoms with Crippen LogP contribution in [0.2, 0.25) is 0 Å². The van der Waals surface area contributed by atoms with Gasteiger partial charge in [-0.25, -0.2) is 0 Å². The smallest absolute Gasteiger partial charge is 0.160 e. The Bertz CT molecular complexity index is 442. The van der Waals surface area contributed by atoms with Gasteiger partial charge in [-0.15, -0.1) is 0 Å². The molecular weight excluding hydrogens is 228 g/mol. The summed E-state index contributed by atoms with van der Waals surface area (Å²) in [5.74, 6) is 0.0978. The maximum atomic E-state index is 9.87. The predicted molar refractivity (Wildman–Crippen MR) is 70.0 cm³/mol. The van der Waals surface area contributed by atoms with E-state index < -0.39 is 0 Å². The topological polar surface area (TPSA) is 55.7 Å². The highest BCUT2D eigenvalue weighted by molar-refractivity contribution is 5.50. The molecule has 1 fully saturated rings. The number of piperazine rings is 1. The molecule has 1 atom stereocenters. The molecule has 1 aliphatic carbocycles. The second kappa shape index (κ2) is 4.78. The molecule has 1 saturated heterocycles. The number of phenolic OH excluding ortho intramolecular Hbond substituents is 2. The Morgan fingerprint density at radius 2 is 1.94 bits per heavy atom. The lowest BCUT2D eigenvalue weighted by molar-refractivity contribution is 0.158. The summed E-state index contributed by atoms with van der Waals surface area (Å²) in [4.78, 5) is 2.54. The van der Waals surface area contributed by atoms with Crippen LogP contribution in [0.1, 0.15) is 17.5 Å². The van der Waals surface area contributed by atoms with Gasteiger partial charge >= 0.3 is 0 Å². The minimum Gasteiger partial charge on any atom is -0.504 e. The monoisotopic (exact) mass is 248 g/mol. The van der Waals surface area contributed by atoms with Crippen molar-refractivity contribution in [2.24, 2.45) is 0 Å². The SMILES string of the molecule is Oc1ccc2c(c1O)CCC(N1CCNCC1)C2. The van der Waals surface area contributed by atoms with Crippen molar-refractivity contribution in [2.45, 2.75) is 25.3 Å². The van der Waals surface area contributed by atoms with Crippen molar-refractivity contribution in [2.75, 3.05) is 26.2 Å². The third-order valence-electron chi connectivity index (χ3n) is 4.21. The standard InChI is InChI=1S/C14H20N2O2/c17-13-4-1-10-9-11(2-3-12(10)14(13)18)16-7-5-15-6-8-16/h1,4,11,15,17-18H,2-3,5-9H2. The average molecular weight is 248 g/mol. The average Bonchev–Trinajstić information content (AvgIpc) is 2.44. The number of nitrogens with one attached hydrogen (secondary N) is 1. The first-order valence-corrected chi connectivity index (χ1v) is 6.73. The van der Waals surface area contributed by atoms with Gasteiger partial charge in [0.25, 0.3) is 0 Å². The number of hydrogen-bond acceptors (Lipinski definition) is 4. The van der Waals surface area contributed by atoms with Crippen LogP contribution in [0.3, 0.4) is 0 Å². The molecule has 3 rings (SSSR count). The maximum absolute atomic E-state index is 9.87. The van der Waals surface area contributed by atoms with Crippen LogP contribution in [-0.2, 0) is 12.8 Å². The summed E-state index contributed by atoms with van der Waals surface area (Å²) in [5, 5.41) is 22.8. The molecule has 3 N–H and O–H groups in total. The fraction of sp³-hybridized carbons (Fsp3) is 0.571. The number of aromatic hydroxyl groups is 2. The molecule has 1 aliphatic heterocycles. The molecule has 0 spiro atoms. The Labute approximate surface area is 107 Å². The number of hydrogen-bond donors (Lipinski definition) is 3. The summed E-state index contributed by atoms with van der Waals surface area (Å²) in [7, 11) is 0. The van der Waals surface area contributed by atoms with Gasteiger partial charge in [-0.05, 0) is 30.9 Å². The van der Waals surface area contributed by atoms with Crippen molar-refractivity contribution in [3.8, 4) is 11.5 Å². The Balaban J connectivity index is 1.78. The number of nitrogens with zero attached hydrogens (tertiary/aromatic N) is 1. The van der Waals surface area contributed by atoms with Crippen molar-refractivity contribution < 1.29 is 10.2 Å². The second-order valence-corrected chi connectivity index (χ2v) is 5.25. The third-order valence-corrected chi connectivity index (χ3v) is 4.21. The molecule has 4 heteroatoms. The summed E-state index contributed by atoms with van der Waals surface area (Å²) in [6.45, 7) is 4.38. The van der Waals surface area contributed by atoms with Crippen LogP contribution in [0.15, 0.2) is 12.1 Å². The van der Waals surface area contributed by atoms with Gasteiger partial charge in [0, 0.05) is 37.8 Å². The molecule has 1 heterocycles. The van der Waals surface area contributed by atoms with E-state index >= 15 is 0 Å². The van der Waals surface area contributed by atoms with Crippen LogP contribution in [0, 0.1) is 0 Å². The molecule has 0 aromatic heterocycles. The molecule has 0 radical (unpaired) electrons. The zero-order valence-corrected chi connectivity index (χ0v) is 10.5. The van der Waals surface area contributed by atoms with Crippen LogP contribution in [0.25, 0.3) is 0 Å². The van der Waals surface area contributed by atoms with E-state index in [-0.39, 0.29) is 11.5 Å². The van der Waals surface area contributed by atoms with Crippen LogP contribution < -0.4 is 5.32 Å². The molecule has 1 aromatic rings. The summed E-state index contributed by atoms with van der Waals surface area (Å²) < 4.78 is 0. The Morgan fingerprint density at radius 3 is 2.72 bits per heavy atom. The van der Waals surface area contributed by atoms with Gasteiger partial charge in [0.2, 0.25) is 0 Å². The van der Waals surface area contributed by atoms with E-state index in [9.17, 15) is 10.2 Å². The Kier molecular flexibility index (Phi) is 3.14. The molecule has 4 nitrogen and oxygen atoms in total. The summed E-state index contributed by atoms with van der Waals surface area (Å²) in [6.07, 6.45) is 2.93. The minimum absolute atomic E-state index is 0.00868. The Hall–Kier alpha value is -1.26. The molecular formula is C14H20N2O2. The molecule has 1 unspecified atom stereocenters. The van der Waals surface area contributed by atoms with E-state index in [0.717, 1.165) is 51.0 Å². The quantitative estimate of drug-likeness (QED) is 0.645. The third kappa shape index (κ3) is 2.06. The van der Waals surface area contributed by atoms with Gasteiger partial charge in [0.15, 0.2) is 11.5 Å². The van der Waals surface area contributed by atoms with E-state index in [1.165, 1.54) is 5.56 Å². The number of benzene rings is 1. The molecule has 2 aliphatic rings.